The van der Waals surface area contributed by atoms with E-state index in [4.69, 9.17) is 9.47 Å². The Morgan fingerprint density at radius 2 is 1.58 bits per heavy atom. The van der Waals surface area contributed by atoms with E-state index in [1.807, 2.05) is 0 Å². The van der Waals surface area contributed by atoms with E-state index in [1.165, 1.54) is 31.4 Å². The molecular weight excluding hydrogens is 430 g/mol. The van der Waals surface area contributed by atoms with Gasteiger partial charge in [0.25, 0.3) is 15.9 Å². The summed E-state index contributed by atoms with van der Waals surface area (Å²) in [7, 11) is -2.33. The van der Waals surface area contributed by atoms with Crippen LogP contribution in [0.15, 0.2) is 71.6 Å². The Bertz CT molecular complexity index is 1170. The van der Waals surface area contributed by atoms with Gasteiger partial charge in [-0.05, 0) is 60.7 Å². The highest BCUT2D eigenvalue weighted by Crippen LogP contribution is 2.21. The van der Waals surface area contributed by atoms with E-state index in [9.17, 15) is 22.0 Å². The minimum absolute atomic E-state index is 0.0121. The van der Waals surface area contributed by atoms with Gasteiger partial charge in [0.2, 0.25) is 0 Å². The van der Waals surface area contributed by atoms with Gasteiger partial charge in [0.1, 0.15) is 23.1 Å². The molecule has 0 radical (unpaired) electrons. The Labute approximate surface area is 177 Å². The number of halogens is 2. The number of ether oxygens (including phenoxy) is 2. The fourth-order valence-electron chi connectivity index (χ4n) is 2.52. The Morgan fingerprint density at radius 1 is 0.935 bits per heavy atom. The van der Waals surface area contributed by atoms with Crippen LogP contribution >= 0.6 is 0 Å². The lowest BCUT2D eigenvalue weighted by Gasteiger charge is -2.11. The minimum atomic E-state index is -3.83. The molecule has 0 unspecified atom stereocenters. The SMILES string of the molecule is COc1ccc(NS(=O)(=O)c2ccc(OCC(=O)Nc3cc(F)ccc3F)cc2)cc1. The monoisotopic (exact) mass is 448 g/mol. The second-order valence-electron chi connectivity index (χ2n) is 6.27. The molecule has 0 heterocycles. The van der Waals surface area contributed by atoms with Crippen LogP contribution in [0.25, 0.3) is 0 Å². The van der Waals surface area contributed by atoms with Crippen LogP contribution in [0, 0.1) is 11.6 Å². The van der Waals surface area contributed by atoms with Crippen molar-refractivity contribution in [3.8, 4) is 11.5 Å². The molecule has 31 heavy (non-hydrogen) atoms. The van der Waals surface area contributed by atoms with E-state index >= 15 is 0 Å². The third kappa shape index (κ3) is 5.92. The first-order chi connectivity index (χ1) is 14.8. The van der Waals surface area contributed by atoms with Crippen molar-refractivity contribution in [2.45, 2.75) is 4.90 Å². The fourth-order valence-corrected chi connectivity index (χ4v) is 3.58. The van der Waals surface area contributed by atoms with Gasteiger partial charge >= 0.3 is 0 Å². The van der Waals surface area contributed by atoms with Crippen molar-refractivity contribution in [1.82, 2.24) is 0 Å². The summed E-state index contributed by atoms with van der Waals surface area (Å²) in [5.41, 5.74) is 0.0574. The maximum Gasteiger partial charge on any atom is 0.262 e. The maximum absolute atomic E-state index is 13.6. The lowest BCUT2D eigenvalue weighted by atomic mass is 10.3. The van der Waals surface area contributed by atoms with Crippen LogP contribution in [-0.2, 0) is 14.8 Å². The molecule has 3 aromatic carbocycles. The number of hydrogen-bond donors (Lipinski definition) is 2. The Morgan fingerprint density at radius 3 is 2.23 bits per heavy atom. The molecule has 7 nitrogen and oxygen atoms in total. The zero-order chi connectivity index (χ0) is 22.4. The van der Waals surface area contributed by atoms with Crippen LogP contribution in [-0.4, -0.2) is 28.0 Å². The summed E-state index contributed by atoms with van der Waals surface area (Å²) < 4.78 is 64.4. The molecule has 10 heteroatoms. The normalized spacial score (nSPS) is 10.9. The number of benzene rings is 3. The van der Waals surface area contributed by atoms with Crippen molar-refractivity contribution in [3.05, 3.63) is 78.4 Å². The van der Waals surface area contributed by atoms with Crippen molar-refractivity contribution in [1.29, 1.82) is 0 Å². The standard InChI is InChI=1S/C21H18F2N2O5S/c1-29-16-5-3-15(4-6-16)25-31(27,28)18-9-7-17(8-10-18)30-13-21(26)24-20-12-14(22)2-11-19(20)23/h2-12,25H,13H2,1H3,(H,24,26). The first kappa shape index (κ1) is 22.0. The second kappa shape index (κ2) is 9.43. The molecule has 0 fully saturated rings. The van der Waals surface area contributed by atoms with Gasteiger partial charge in [-0.15, -0.1) is 0 Å². The number of anilines is 2. The molecule has 0 saturated carbocycles. The van der Waals surface area contributed by atoms with E-state index in [0.29, 0.717) is 11.4 Å². The molecule has 0 bridgehead atoms. The first-order valence-electron chi connectivity index (χ1n) is 8.91. The van der Waals surface area contributed by atoms with Gasteiger partial charge in [-0.3, -0.25) is 9.52 Å². The molecule has 0 atom stereocenters. The molecule has 0 aliphatic carbocycles. The number of hydrogen-bond acceptors (Lipinski definition) is 5. The largest absolute Gasteiger partial charge is 0.497 e. The van der Waals surface area contributed by atoms with Crippen molar-refractivity contribution in [2.24, 2.45) is 0 Å². The molecule has 0 spiro atoms. The van der Waals surface area contributed by atoms with E-state index in [2.05, 4.69) is 10.0 Å². The number of rotatable bonds is 8. The molecule has 0 saturated heterocycles. The average molecular weight is 448 g/mol. The van der Waals surface area contributed by atoms with Crippen molar-refractivity contribution >= 4 is 27.3 Å². The van der Waals surface area contributed by atoms with Gasteiger partial charge in [0.05, 0.1) is 17.7 Å². The van der Waals surface area contributed by atoms with Crippen molar-refractivity contribution in [2.75, 3.05) is 23.8 Å². The summed E-state index contributed by atoms with van der Waals surface area (Å²) in [6.07, 6.45) is 0. The lowest BCUT2D eigenvalue weighted by molar-refractivity contribution is -0.118. The number of sulfonamides is 1. The van der Waals surface area contributed by atoms with Gasteiger partial charge < -0.3 is 14.8 Å². The molecular formula is C21H18F2N2O5S. The Kier molecular flexibility index (Phi) is 6.71. The molecule has 162 valence electrons. The predicted molar refractivity (Wildman–Crippen MR) is 111 cm³/mol. The summed E-state index contributed by atoms with van der Waals surface area (Å²) in [5.74, 6) is -1.37. The van der Waals surface area contributed by atoms with Crippen LogP contribution < -0.4 is 19.5 Å². The number of nitrogens with one attached hydrogen (secondary N) is 2. The number of methoxy groups -OCH3 is 1. The highest BCUT2D eigenvalue weighted by Gasteiger charge is 2.15. The van der Waals surface area contributed by atoms with E-state index < -0.39 is 34.2 Å². The molecule has 0 aliphatic rings. The molecule has 3 aromatic rings. The van der Waals surface area contributed by atoms with Crippen molar-refractivity contribution in [3.63, 3.8) is 0 Å². The van der Waals surface area contributed by atoms with Crippen LogP contribution in [0.2, 0.25) is 0 Å². The molecule has 1 amide bonds. The van der Waals surface area contributed by atoms with Gasteiger partial charge in [-0.2, -0.15) is 0 Å². The average Bonchev–Trinajstić information content (AvgIpc) is 2.75. The quantitative estimate of drug-likeness (QED) is 0.547. The predicted octanol–water partition coefficient (Wildman–Crippen LogP) is 3.79. The second-order valence-corrected chi connectivity index (χ2v) is 7.95. The zero-order valence-corrected chi connectivity index (χ0v) is 17.1. The molecule has 0 aromatic heterocycles. The molecule has 3 rings (SSSR count). The van der Waals surface area contributed by atoms with Gasteiger partial charge in [-0.1, -0.05) is 0 Å². The van der Waals surface area contributed by atoms with E-state index in [0.717, 1.165) is 18.2 Å². The third-order valence-corrected chi connectivity index (χ3v) is 5.45. The maximum atomic E-state index is 13.6. The van der Waals surface area contributed by atoms with Crippen LogP contribution in [0.1, 0.15) is 0 Å². The Hall–Kier alpha value is -3.66. The van der Waals surface area contributed by atoms with E-state index in [1.54, 1.807) is 24.3 Å². The Balaban J connectivity index is 1.58. The fraction of sp³-hybridized carbons (Fsp3) is 0.0952. The van der Waals surface area contributed by atoms with Crippen LogP contribution in [0.5, 0.6) is 11.5 Å². The summed E-state index contributed by atoms with van der Waals surface area (Å²) in [6.45, 7) is -0.480. The van der Waals surface area contributed by atoms with Crippen LogP contribution in [0.4, 0.5) is 20.2 Å². The highest BCUT2D eigenvalue weighted by atomic mass is 32.2. The summed E-state index contributed by atoms with van der Waals surface area (Å²) in [5, 5.41) is 2.20. The number of carbonyl (C=O) groups is 1. The van der Waals surface area contributed by atoms with Gasteiger partial charge in [-0.25, -0.2) is 17.2 Å². The smallest absolute Gasteiger partial charge is 0.262 e. The van der Waals surface area contributed by atoms with E-state index in [-0.39, 0.29) is 16.3 Å². The van der Waals surface area contributed by atoms with Crippen molar-refractivity contribution < 1.29 is 31.5 Å². The third-order valence-electron chi connectivity index (χ3n) is 4.05. The molecule has 0 aliphatic heterocycles. The number of carbonyl (C=O) groups excluding carboxylic acids is 1. The first-order valence-corrected chi connectivity index (χ1v) is 10.4. The van der Waals surface area contributed by atoms with Crippen LogP contribution in [0.3, 0.4) is 0 Å². The highest BCUT2D eigenvalue weighted by molar-refractivity contribution is 7.92. The number of amides is 1. The zero-order valence-electron chi connectivity index (χ0n) is 16.3. The minimum Gasteiger partial charge on any atom is -0.497 e. The summed E-state index contributed by atoms with van der Waals surface area (Å²) in [6, 6.07) is 14.4. The molecule has 2 N–H and O–H groups in total. The van der Waals surface area contributed by atoms with Gasteiger partial charge in [0, 0.05) is 11.8 Å². The summed E-state index contributed by atoms with van der Waals surface area (Å²) >= 11 is 0. The topological polar surface area (TPSA) is 93.7 Å². The van der Waals surface area contributed by atoms with Gasteiger partial charge in [0.15, 0.2) is 6.61 Å². The summed E-state index contributed by atoms with van der Waals surface area (Å²) in [4.78, 5) is 11.9. The lowest BCUT2D eigenvalue weighted by Crippen LogP contribution is -2.21.